The Hall–Kier alpha value is -1.85. The second-order valence-corrected chi connectivity index (χ2v) is 2.26. The van der Waals surface area contributed by atoms with Crippen molar-refractivity contribution < 1.29 is 19.5 Å². The Balaban J connectivity index is 4.35. The number of carboxylic acid groups (broad SMARTS) is 1. The van der Waals surface area contributed by atoms with Crippen LogP contribution in [-0.2, 0) is 14.4 Å². The third-order valence-corrected chi connectivity index (χ3v) is 1.16. The summed E-state index contributed by atoms with van der Waals surface area (Å²) in [5, 5.41) is 8.36. The number of carbonyl (C=O) groups excluding carboxylic acids is 2. The Morgan fingerprint density at radius 1 is 1.38 bits per heavy atom. The first-order chi connectivity index (χ1) is 5.97. The molecule has 0 saturated heterocycles. The minimum absolute atomic E-state index is 0.419. The zero-order valence-electron chi connectivity index (χ0n) is 6.90. The molecule has 3 N–H and O–H groups in total. The molecule has 0 rings (SSSR count). The molecule has 0 aromatic heterocycles. The molecule has 0 radical (unpaired) electrons. The number of primary amides is 1. The van der Waals surface area contributed by atoms with Gasteiger partial charge in [-0.2, -0.15) is 0 Å². The number of hydrogen-bond acceptors (Lipinski definition) is 3. The standard InChI is InChI=1S/C7H10N2O4/c1-2-6(11)9(3-5(8)10)4-7(12)13/h2H,1,3-4H2,(H2,8,10)(H,12,13). The summed E-state index contributed by atoms with van der Waals surface area (Å²) in [5.74, 6) is -2.62. The van der Waals surface area contributed by atoms with Crippen LogP contribution in [0, 0.1) is 0 Å². The predicted octanol–water partition coefficient (Wildman–Crippen LogP) is -1.43. The van der Waals surface area contributed by atoms with Crippen LogP contribution in [0.4, 0.5) is 0 Å². The van der Waals surface area contributed by atoms with E-state index in [9.17, 15) is 14.4 Å². The Kier molecular flexibility index (Phi) is 4.21. The molecule has 13 heavy (non-hydrogen) atoms. The number of aliphatic carboxylic acids is 1. The molecule has 0 saturated carbocycles. The lowest BCUT2D eigenvalue weighted by Gasteiger charge is -2.16. The maximum atomic E-state index is 10.9. The molecule has 0 atom stereocenters. The summed E-state index contributed by atoms with van der Waals surface area (Å²) in [6.45, 7) is 2.18. The van der Waals surface area contributed by atoms with Crippen LogP contribution < -0.4 is 5.73 Å². The molecule has 0 unspecified atom stereocenters. The van der Waals surface area contributed by atoms with Gasteiger partial charge >= 0.3 is 5.97 Å². The number of carboxylic acids is 1. The maximum absolute atomic E-state index is 10.9. The first-order valence-corrected chi connectivity index (χ1v) is 3.38. The summed E-state index contributed by atoms with van der Waals surface area (Å²) < 4.78 is 0. The van der Waals surface area contributed by atoms with Gasteiger partial charge in [0.25, 0.3) is 0 Å². The minimum Gasteiger partial charge on any atom is -0.480 e. The van der Waals surface area contributed by atoms with E-state index in [1.54, 1.807) is 0 Å². The number of nitrogens with two attached hydrogens (primary N) is 1. The van der Waals surface area contributed by atoms with E-state index in [0.717, 1.165) is 11.0 Å². The van der Waals surface area contributed by atoms with E-state index in [1.165, 1.54) is 0 Å². The van der Waals surface area contributed by atoms with Gasteiger partial charge in [0.1, 0.15) is 13.1 Å². The molecule has 2 amide bonds. The summed E-state index contributed by atoms with van der Waals surface area (Å²) in [4.78, 5) is 32.4. The fourth-order valence-corrected chi connectivity index (χ4v) is 0.692. The van der Waals surface area contributed by atoms with E-state index >= 15 is 0 Å². The Morgan fingerprint density at radius 3 is 2.23 bits per heavy atom. The fourth-order valence-electron chi connectivity index (χ4n) is 0.692. The SMILES string of the molecule is C=CC(=O)N(CC(N)=O)CC(=O)O. The quantitative estimate of drug-likeness (QED) is 0.514. The van der Waals surface area contributed by atoms with Gasteiger partial charge in [-0.3, -0.25) is 14.4 Å². The van der Waals surface area contributed by atoms with Crippen LogP contribution in [0.2, 0.25) is 0 Å². The predicted molar refractivity (Wildman–Crippen MR) is 43.6 cm³/mol. The molecule has 72 valence electrons. The minimum atomic E-state index is -1.21. The van der Waals surface area contributed by atoms with Crippen molar-refractivity contribution in [1.82, 2.24) is 4.90 Å². The second-order valence-electron chi connectivity index (χ2n) is 2.26. The normalized spacial score (nSPS) is 8.92. The lowest BCUT2D eigenvalue weighted by molar-refractivity contribution is -0.143. The molecular weight excluding hydrogens is 176 g/mol. The van der Waals surface area contributed by atoms with Gasteiger partial charge in [-0.05, 0) is 6.08 Å². The number of carbonyl (C=O) groups is 3. The summed E-state index contributed by atoms with van der Waals surface area (Å²) in [7, 11) is 0. The van der Waals surface area contributed by atoms with Crippen molar-refractivity contribution in [1.29, 1.82) is 0 Å². The van der Waals surface area contributed by atoms with Gasteiger partial charge in [0.2, 0.25) is 11.8 Å². The highest BCUT2D eigenvalue weighted by Gasteiger charge is 2.15. The molecule has 6 nitrogen and oxygen atoms in total. The zero-order chi connectivity index (χ0) is 10.4. The van der Waals surface area contributed by atoms with Gasteiger partial charge in [-0.1, -0.05) is 6.58 Å². The van der Waals surface area contributed by atoms with Gasteiger partial charge in [0, 0.05) is 0 Å². The van der Waals surface area contributed by atoms with E-state index in [0.29, 0.717) is 0 Å². The van der Waals surface area contributed by atoms with Gasteiger partial charge in [0.05, 0.1) is 0 Å². The van der Waals surface area contributed by atoms with E-state index in [4.69, 9.17) is 10.8 Å². The molecule has 0 aromatic rings. The third kappa shape index (κ3) is 4.57. The molecule has 0 aliphatic rings. The number of amides is 2. The summed E-state index contributed by atoms with van der Waals surface area (Å²) in [6.07, 6.45) is 0.922. The average Bonchev–Trinajstić information content (AvgIpc) is 2.00. The first kappa shape index (κ1) is 11.2. The smallest absolute Gasteiger partial charge is 0.323 e. The number of hydrogen-bond donors (Lipinski definition) is 2. The number of rotatable bonds is 5. The van der Waals surface area contributed by atoms with E-state index in [2.05, 4.69) is 6.58 Å². The molecule has 0 aromatic carbocycles. The van der Waals surface area contributed by atoms with Crippen molar-refractivity contribution in [2.24, 2.45) is 5.73 Å². The van der Waals surface area contributed by atoms with Crippen molar-refractivity contribution in [3.8, 4) is 0 Å². The molecule has 0 fully saturated rings. The second kappa shape index (κ2) is 4.91. The summed E-state index contributed by atoms with van der Waals surface area (Å²) in [6, 6.07) is 0. The average molecular weight is 186 g/mol. The Labute approximate surface area is 74.6 Å². The largest absolute Gasteiger partial charge is 0.480 e. The lowest BCUT2D eigenvalue weighted by atomic mass is 10.4. The number of nitrogens with zero attached hydrogens (tertiary/aromatic N) is 1. The van der Waals surface area contributed by atoms with Crippen LogP contribution in [0.25, 0.3) is 0 Å². The van der Waals surface area contributed by atoms with Gasteiger partial charge < -0.3 is 15.7 Å². The molecule has 0 spiro atoms. The van der Waals surface area contributed by atoms with Gasteiger partial charge in [0.15, 0.2) is 0 Å². The summed E-state index contributed by atoms with van der Waals surface area (Å²) in [5.41, 5.74) is 4.80. The molecule has 6 heteroatoms. The molecular formula is C7H10N2O4. The molecule has 0 aliphatic heterocycles. The monoisotopic (exact) mass is 186 g/mol. The third-order valence-electron chi connectivity index (χ3n) is 1.16. The van der Waals surface area contributed by atoms with Crippen LogP contribution in [0.15, 0.2) is 12.7 Å². The fraction of sp³-hybridized carbons (Fsp3) is 0.286. The van der Waals surface area contributed by atoms with E-state index < -0.39 is 30.9 Å². The van der Waals surface area contributed by atoms with E-state index in [1.807, 2.05) is 0 Å². The Morgan fingerprint density at radius 2 is 1.92 bits per heavy atom. The van der Waals surface area contributed by atoms with Crippen LogP contribution in [-0.4, -0.2) is 40.9 Å². The van der Waals surface area contributed by atoms with Crippen molar-refractivity contribution in [2.75, 3.05) is 13.1 Å². The highest BCUT2D eigenvalue weighted by molar-refractivity contribution is 5.92. The summed E-state index contributed by atoms with van der Waals surface area (Å²) >= 11 is 0. The van der Waals surface area contributed by atoms with Crippen molar-refractivity contribution in [3.05, 3.63) is 12.7 Å². The first-order valence-electron chi connectivity index (χ1n) is 3.38. The maximum Gasteiger partial charge on any atom is 0.323 e. The highest BCUT2D eigenvalue weighted by Crippen LogP contribution is 1.90. The van der Waals surface area contributed by atoms with Crippen LogP contribution in [0.1, 0.15) is 0 Å². The van der Waals surface area contributed by atoms with Crippen LogP contribution >= 0.6 is 0 Å². The van der Waals surface area contributed by atoms with Gasteiger partial charge in [-0.15, -0.1) is 0 Å². The van der Waals surface area contributed by atoms with Crippen LogP contribution in [0.3, 0.4) is 0 Å². The molecule has 0 aliphatic carbocycles. The highest BCUT2D eigenvalue weighted by atomic mass is 16.4. The van der Waals surface area contributed by atoms with Crippen molar-refractivity contribution in [3.63, 3.8) is 0 Å². The lowest BCUT2D eigenvalue weighted by Crippen LogP contribution is -2.40. The van der Waals surface area contributed by atoms with E-state index in [-0.39, 0.29) is 0 Å². The van der Waals surface area contributed by atoms with Crippen molar-refractivity contribution >= 4 is 17.8 Å². The van der Waals surface area contributed by atoms with Crippen molar-refractivity contribution in [2.45, 2.75) is 0 Å². The Bertz CT molecular complexity index is 233. The molecule has 0 bridgehead atoms. The van der Waals surface area contributed by atoms with Crippen LogP contribution in [0.5, 0.6) is 0 Å². The van der Waals surface area contributed by atoms with Gasteiger partial charge in [-0.25, -0.2) is 0 Å². The molecule has 0 heterocycles. The zero-order valence-corrected chi connectivity index (χ0v) is 6.90. The topological polar surface area (TPSA) is 101 Å².